The summed E-state index contributed by atoms with van der Waals surface area (Å²) in [5.41, 5.74) is 20.6. The smallest absolute Gasteiger partial charge is 0.0572 e. The molecule has 1 aliphatic rings. The van der Waals surface area contributed by atoms with E-state index in [1.807, 2.05) is 63.4 Å². The van der Waals surface area contributed by atoms with Crippen molar-refractivity contribution < 1.29 is 0 Å². The van der Waals surface area contributed by atoms with E-state index in [2.05, 4.69) is 117 Å². The van der Waals surface area contributed by atoms with E-state index in [1.54, 1.807) is 12.3 Å². The van der Waals surface area contributed by atoms with Crippen molar-refractivity contribution in [2.75, 3.05) is 6.54 Å². The van der Waals surface area contributed by atoms with Gasteiger partial charge in [-0.05, 0) is 101 Å². The van der Waals surface area contributed by atoms with Crippen LogP contribution in [0.1, 0.15) is 55.1 Å². The molecule has 1 aromatic heterocycles. The third-order valence-corrected chi connectivity index (χ3v) is 8.59. The van der Waals surface area contributed by atoms with Gasteiger partial charge >= 0.3 is 0 Å². The van der Waals surface area contributed by atoms with Crippen molar-refractivity contribution in [1.82, 2.24) is 9.88 Å². The van der Waals surface area contributed by atoms with Gasteiger partial charge in [-0.3, -0.25) is 0 Å². The first-order valence-corrected chi connectivity index (χ1v) is 17.1. The first kappa shape index (κ1) is 38.6. The number of dihydropyridines is 1. The van der Waals surface area contributed by atoms with Crippen molar-refractivity contribution in [2.45, 2.75) is 41.0 Å². The summed E-state index contributed by atoms with van der Waals surface area (Å²) in [6.45, 7) is 27.5. The van der Waals surface area contributed by atoms with Crippen LogP contribution in [-0.2, 0) is 0 Å². The van der Waals surface area contributed by atoms with Crippen LogP contribution in [0.4, 0.5) is 0 Å². The normalized spacial score (nSPS) is 13.6. The lowest BCUT2D eigenvalue weighted by Gasteiger charge is -2.17. The Hall–Kier alpha value is -5.87. The lowest BCUT2D eigenvalue weighted by molar-refractivity contribution is 0.944. The number of benzene rings is 2. The van der Waals surface area contributed by atoms with Crippen LogP contribution < -0.4 is 11.1 Å². The lowest BCUT2D eigenvalue weighted by atomic mass is 9.94. The van der Waals surface area contributed by atoms with Gasteiger partial charge in [0.1, 0.15) is 0 Å². The standard InChI is InChI=1S/C44H46N4.C2H6/c1-8-15-39(28-45)37-21-19-36(20-22-37)38-23-24-42(35(10-3)26-38)44-32(7)31(6)43(48(44)41(11-4)12-5)27-34(9-2)40(29-46)18-13-16-33-17-14-25-47-30-33;1-2/h8-15,17-24,26-30,45,47H,1-4,16,25,46H2,5-7H3;1-2H3/b18-13-,34-27+,39-15+,40-29+,41-12+,45-28?;. The van der Waals surface area contributed by atoms with E-state index < -0.39 is 0 Å². The van der Waals surface area contributed by atoms with E-state index >= 15 is 0 Å². The van der Waals surface area contributed by atoms with Crippen LogP contribution in [0.15, 0.2) is 153 Å². The number of nitrogens with zero attached hydrogens (tertiary/aromatic N) is 1. The molecule has 0 aliphatic carbocycles. The Bertz CT molecular complexity index is 1940. The van der Waals surface area contributed by atoms with Gasteiger partial charge in [-0.25, -0.2) is 0 Å². The molecule has 0 bridgehead atoms. The number of allylic oxidation sites excluding steroid dienone is 13. The molecule has 4 rings (SSSR count). The molecule has 4 heteroatoms. The molecule has 1 aliphatic heterocycles. The fraction of sp³-hybridized carbons (Fsp3) is 0.152. The molecule has 3 aromatic rings. The third-order valence-electron chi connectivity index (χ3n) is 8.59. The molecule has 0 unspecified atom stereocenters. The summed E-state index contributed by atoms with van der Waals surface area (Å²) in [7, 11) is 0. The fourth-order valence-electron chi connectivity index (χ4n) is 5.88. The molecule has 0 atom stereocenters. The summed E-state index contributed by atoms with van der Waals surface area (Å²) in [6.07, 6.45) is 27.7. The summed E-state index contributed by atoms with van der Waals surface area (Å²) in [5.74, 6) is 0. The van der Waals surface area contributed by atoms with Crippen molar-refractivity contribution >= 4 is 29.6 Å². The topological polar surface area (TPSA) is 66.8 Å². The highest BCUT2D eigenvalue weighted by Crippen LogP contribution is 2.39. The van der Waals surface area contributed by atoms with Crippen LogP contribution in [0.5, 0.6) is 0 Å². The molecule has 0 saturated carbocycles. The minimum absolute atomic E-state index is 0.796. The summed E-state index contributed by atoms with van der Waals surface area (Å²) in [5, 5.41) is 11.0. The zero-order valence-corrected chi connectivity index (χ0v) is 30.4. The van der Waals surface area contributed by atoms with Crippen LogP contribution in [0.3, 0.4) is 0 Å². The van der Waals surface area contributed by atoms with Crippen LogP contribution in [-0.4, -0.2) is 17.3 Å². The van der Waals surface area contributed by atoms with Gasteiger partial charge in [0.15, 0.2) is 0 Å². The van der Waals surface area contributed by atoms with Crippen molar-refractivity contribution in [3.63, 3.8) is 0 Å². The largest absolute Gasteiger partial charge is 0.404 e. The third kappa shape index (κ3) is 8.77. The second-order valence-corrected chi connectivity index (χ2v) is 11.4. The maximum atomic E-state index is 7.74. The number of aromatic nitrogens is 1. The summed E-state index contributed by atoms with van der Waals surface area (Å²) in [4.78, 5) is 0. The minimum atomic E-state index is 0.796. The van der Waals surface area contributed by atoms with Crippen LogP contribution in [0.2, 0.25) is 0 Å². The van der Waals surface area contributed by atoms with Gasteiger partial charge in [-0.15, -0.1) is 0 Å². The average molecular weight is 661 g/mol. The van der Waals surface area contributed by atoms with E-state index in [9.17, 15) is 0 Å². The molecule has 2 heterocycles. The van der Waals surface area contributed by atoms with E-state index in [4.69, 9.17) is 11.1 Å². The number of nitrogens with one attached hydrogen (secondary N) is 2. The Morgan fingerprint density at radius 2 is 1.68 bits per heavy atom. The molecule has 4 N–H and O–H groups in total. The molecule has 256 valence electrons. The molecule has 0 saturated heterocycles. The monoisotopic (exact) mass is 660 g/mol. The highest BCUT2D eigenvalue weighted by atomic mass is 15.0. The van der Waals surface area contributed by atoms with E-state index in [0.29, 0.717) is 0 Å². The van der Waals surface area contributed by atoms with Crippen LogP contribution >= 0.6 is 0 Å². The summed E-state index contributed by atoms with van der Waals surface area (Å²) in [6, 6.07) is 14.8. The Morgan fingerprint density at radius 1 is 0.960 bits per heavy atom. The highest BCUT2D eigenvalue weighted by molar-refractivity contribution is 6.08. The van der Waals surface area contributed by atoms with Crippen molar-refractivity contribution in [3.05, 3.63) is 181 Å². The van der Waals surface area contributed by atoms with Gasteiger partial charge in [0, 0.05) is 36.4 Å². The van der Waals surface area contributed by atoms with Crippen molar-refractivity contribution in [2.24, 2.45) is 5.73 Å². The fourth-order valence-corrected chi connectivity index (χ4v) is 5.88. The average Bonchev–Trinajstić information content (AvgIpc) is 3.40. The predicted molar refractivity (Wildman–Crippen MR) is 223 cm³/mol. The molecule has 2 aromatic carbocycles. The van der Waals surface area contributed by atoms with Crippen LogP contribution in [0.25, 0.3) is 45.8 Å². The minimum Gasteiger partial charge on any atom is -0.404 e. The molecule has 0 radical (unpaired) electrons. The molecular formula is C46H52N4. The zero-order chi connectivity index (χ0) is 36.6. The second-order valence-electron chi connectivity index (χ2n) is 11.4. The quantitative estimate of drug-likeness (QED) is 0.119. The molecule has 50 heavy (non-hydrogen) atoms. The number of rotatable bonds is 14. The Morgan fingerprint density at radius 3 is 2.24 bits per heavy atom. The van der Waals surface area contributed by atoms with Gasteiger partial charge in [-0.1, -0.05) is 131 Å². The second kappa shape index (κ2) is 19.2. The number of hydrogen-bond donors (Lipinski definition) is 3. The van der Waals surface area contributed by atoms with Gasteiger partial charge in [0.05, 0.1) is 11.4 Å². The maximum Gasteiger partial charge on any atom is 0.0572 e. The summed E-state index contributed by atoms with van der Waals surface area (Å²) < 4.78 is 2.27. The van der Waals surface area contributed by atoms with E-state index in [0.717, 1.165) is 85.7 Å². The SMILES string of the molecule is C=C/C=C(\C=N)c1ccc(-c2ccc(-c3c(C)c(C)c(/C=C(C=C)/C(/C=C\CC4=CNCC=C4)=C/N)n3/C(C=C)=C/C)c(C=C)c2)cc1.CC. The van der Waals surface area contributed by atoms with Gasteiger partial charge in [-0.2, -0.15) is 0 Å². The predicted octanol–water partition coefficient (Wildman–Crippen LogP) is 11.8. The molecular weight excluding hydrogens is 609 g/mol. The van der Waals surface area contributed by atoms with Crippen molar-refractivity contribution in [3.8, 4) is 22.4 Å². The Kier molecular flexibility index (Phi) is 14.8. The van der Waals surface area contributed by atoms with Gasteiger partial charge in [0.25, 0.3) is 0 Å². The van der Waals surface area contributed by atoms with Gasteiger partial charge in [0.2, 0.25) is 0 Å². The van der Waals surface area contributed by atoms with Gasteiger partial charge < -0.3 is 21.0 Å². The maximum absolute atomic E-state index is 7.74. The Labute approximate surface area is 300 Å². The highest BCUT2D eigenvalue weighted by Gasteiger charge is 2.21. The molecule has 0 amide bonds. The number of hydrogen-bond acceptors (Lipinski definition) is 3. The molecule has 0 spiro atoms. The van der Waals surface area contributed by atoms with Crippen LogP contribution in [0, 0.1) is 19.3 Å². The van der Waals surface area contributed by atoms with E-state index in [1.165, 1.54) is 11.8 Å². The Balaban J connectivity index is 0.00000332. The molecule has 4 nitrogen and oxygen atoms in total. The summed E-state index contributed by atoms with van der Waals surface area (Å²) >= 11 is 0. The zero-order valence-electron chi connectivity index (χ0n) is 30.4. The van der Waals surface area contributed by atoms with E-state index in [-0.39, 0.29) is 0 Å². The van der Waals surface area contributed by atoms with Crippen molar-refractivity contribution in [1.29, 1.82) is 5.41 Å². The molecule has 0 fully saturated rings. The lowest BCUT2D eigenvalue weighted by Crippen LogP contribution is -2.08. The first-order chi connectivity index (χ1) is 24.3. The number of nitrogens with two attached hydrogens (primary N) is 1. The first-order valence-electron chi connectivity index (χ1n) is 17.1.